The van der Waals surface area contributed by atoms with Crippen molar-refractivity contribution in [2.24, 2.45) is 0 Å². The summed E-state index contributed by atoms with van der Waals surface area (Å²) in [5.74, 6) is -0.287. The third-order valence-corrected chi connectivity index (χ3v) is 4.59. The first-order chi connectivity index (χ1) is 14.8. The molecule has 4 aromatic heterocycles. The van der Waals surface area contributed by atoms with E-state index in [9.17, 15) is 18.0 Å². The summed E-state index contributed by atoms with van der Waals surface area (Å²) in [6.07, 6.45) is 2.44. The van der Waals surface area contributed by atoms with Crippen LogP contribution in [0.15, 0.2) is 71.9 Å². The Hall–Kier alpha value is -3.60. The average Bonchev–Trinajstić information content (AvgIpc) is 3.21. The number of alkyl halides is 3. The van der Waals surface area contributed by atoms with E-state index in [1.165, 1.54) is 43.1 Å². The van der Waals surface area contributed by atoms with Crippen molar-refractivity contribution in [1.29, 1.82) is 0 Å². The van der Waals surface area contributed by atoms with Crippen molar-refractivity contribution < 1.29 is 18.0 Å². The van der Waals surface area contributed by atoms with E-state index in [1.54, 1.807) is 18.2 Å². The molecule has 1 amide bonds. The van der Waals surface area contributed by atoms with Crippen molar-refractivity contribution in [3.05, 3.63) is 83.1 Å². The van der Waals surface area contributed by atoms with E-state index < -0.39 is 17.8 Å². The van der Waals surface area contributed by atoms with Crippen LogP contribution in [0.5, 0.6) is 0 Å². The van der Waals surface area contributed by atoms with Gasteiger partial charge >= 0.3 is 6.18 Å². The highest BCUT2D eigenvalue weighted by atomic mass is 79.9. The fourth-order valence-corrected chi connectivity index (χ4v) is 3.11. The number of rotatable bonds is 4. The van der Waals surface area contributed by atoms with Crippen LogP contribution in [0, 0.1) is 0 Å². The molecule has 0 fully saturated rings. The molecule has 1 N–H and O–H groups in total. The third kappa shape index (κ3) is 4.61. The van der Waals surface area contributed by atoms with Crippen LogP contribution in [-0.2, 0) is 6.18 Å². The lowest BCUT2D eigenvalue weighted by molar-refractivity contribution is -0.142. The van der Waals surface area contributed by atoms with Gasteiger partial charge in [0.25, 0.3) is 5.91 Å². The molecule has 0 radical (unpaired) electrons. The number of nitrogens with zero attached hydrogens (tertiary/aromatic N) is 5. The van der Waals surface area contributed by atoms with Gasteiger partial charge in [-0.3, -0.25) is 14.8 Å². The first-order valence-corrected chi connectivity index (χ1v) is 9.56. The number of anilines is 1. The molecule has 0 saturated heterocycles. The van der Waals surface area contributed by atoms with E-state index in [2.05, 4.69) is 41.3 Å². The Bertz CT molecular complexity index is 1230. The smallest absolute Gasteiger partial charge is 0.307 e. The zero-order valence-electron chi connectivity index (χ0n) is 15.5. The number of halogens is 4. The lowest BCUT2D eigenvalue weighted by atomic mass is 10.2. The minimum absolute atomic E-state index is 0.0876. The van der Waals surface area contributed by atoms with E-state index in [-0.39, 0.29) is 17.2 Å². The average molecular weight is 489 g/mol. The van der Waals surface area contributed by atoms with Crippen LogP contribution >= 0.6 is 15.9 Å². The number of hydrogen-bond donors (Lipinski definition) is 1. The monoisotopic (exact) mass is 488 g/mol. The lowest BCUT2D eigenvalue weighted by Crippen LogP contribution is -2.15. The first kappa shape index (κ1) is 20.7. The van der Waals surface area contributed by atoms with Crippen LogP contribution in [0.1, 0.15) is 16.1 Å². The van der Waals surface area contributed by atoms with Crippen LogP contribution in [0.25, 0.3) is 16.9 Å². The van der Waals surface area contributed by atoms with Crippen molar-refractivity contribution in [2.45, 2.75) is 6.18 Å². The summed E-state index contributed by atoms with van der Waals surface area (Å²) in [5, 5.41) is 6.65. The summed E-state index contributed by atoms with van der Waals surface area (Å²) in [7, 11) is 0. The van der Waals surface area contributed by atoms with Gasteiger partial charge in [-0.15, -0.1) is 0 Å². The Morgan fingerprint density at radius 2 is 1.87 bits per heavy atom. The van der Waals surface area contributed by atoms with Gasteiger partial charge in [0, 0.05) is 34.8 Å². The Balaban J connectivity index is 1.63. The van der Waals surface area contributed by atoms with Gasteiger partial charge < -0.3 is 5.32 Å². The Morgan fingerprint density at radius 1 is 1.03 bits per heavy atom. The predicted octanol–water partition coefficient (Wildman–Crippen LogP) is 4.76. The fraction of sp³-hybridized carbons (Fsp3) is 0.0500. The highest BCUT2D eigenvalue weighted by Gasteiger charge is 2.36. The van der Waals surface area contributed by atoms with Crippen LogP contribution in [-0.4, -0.2) is 30.6 Å². The summed E-state index contributed by atoms with van der Waals surface area (Å²) >= 11 is 3.23. The first-order valence-electron chi connectivity index (χ1n) is 8.77. The number of nitrogens with one attached hydrogen (secondary N) is 1. The summed E-state index contributed by atoms with van der Waals surface area (Å²) < 4.78 is 42.1. The maximum absolute atomic E-state index is 13.6. The van der Waals surface area contributed by atoms with Gasteiger partial charge in [0.1, 0.15) is 11.5 Å². The molecule has 0 spiro atoms. The Labute approximate surface area is 182 Å². The van der Waals surface area contributed by atoms with E-state index in [1.807, 2.05) is 0 Å². The maximum atomic E-state index is 13.6. The van der Waals surface area contributed by atoms with Gasteiger partial charge in [-0.05, 0) is 52.3 Å². The number of hydrogen-bond acceptors (Lipinski definition) is 5. The molecule has 156 valence electrons. The van der Waals surface area contributed by atoms with Gasteiger partial charge in [-0.25, -0.2) is 9.67 Å². The molecule has 0 aliphatic heterocycles. The van der Waals surface area contributed by atoms with E-state index in [0.29, 0.717) is 15.6 Å². The quantitative estimate of drug-likeness (QED) is 0.447. The van der Waals surface area contributed by atoms with Gasteiger partial charge in [-0.2, -0.15) is 18.3 Å². The number of carbonyl (C=O) groups is 1. The number of pyridine rings is 3. The minimum atomic E-state index is -4.63. The molecule has 0 saturated carbocycles. The molecule has 4 rings (SSSR count). The lowest BCUT2D eigenvalue weighted by Gasteiger charge is -2.10. The van der Waals surface area contributed by atoms with Gasteiger partial charge in [-0.1, -0.05) is 0 Å². The van der Waals surface area contributed by atoms with E-state index in [0.717, 1.165) is 10.7 Å². The minimum Gasteiger partial charge on any atom is -0.307 e. The zero-order chi connectivity index (χ0) is 22.0. The van der Waals surface area contributed by atoms with Gasteiger partial charge in [0.15, 0.2) is 0 Å². The molecule has 0 bridgehead atoms. The van der Waals surface area contributed by atoms with Crippen molar-refractivity contribution >= 4 is 27.7 Å². The largest absolute Gasteiger partial charge is 0.433 e. The highest BCUT2D eigenvalue weighted by molar-refractivity contribution is 9.10. The fourth-order valence-electron chi connectivity index (χ4n) is 2.75. The van der Waals surface area contributed by atoms with Crippen LogP contribution in [0.3, 0.4) is 0 Å². The van der Waals surface area contributed by atoms with Crippen LogP contribution in [0.2, 0.25) is 0 Å². The Morgan fingerprint density at radius 3 is 2.52 bits per heavy atom. The topological polar surface area (TPSA) is 85.6 Å². The van der Waals surface area contributed by atoms with Crippen molar-refractivity contribution in [1.82, 2.24) is 24.7 Å². The zero-order valence-corrected chi connectivity index (χ0v) is 17.1. The number of amides is 1. The van der Waals surface area contributed by atoms with E-state index in [4.69, 9.17) is 0 Å². The van der Waals surface area contributed by atoms with Gasteiger partial charge in [0.05, 0.1) is 23.1 Å². The molecule has 7 nitrogen and oxygen atoms in total. The number of aromatic nitrogens is 5. The van der Waals surface area contributed by atoms with E-state index >= 15 is 0 Å². The second kappa shape index (κ2) is 8.26. The molecule has 0 aliphatic carbocycles. The van der Waals surface area contributed by atoms with Crippen molar-refractivity contribution in [3.63, 3.8) is 0 Å². The molecule has 11 heteroatoms. The molecule has 31 heavy (non-hydrogen) atoms. The molecule has 0 unspecified atom stereocenters. The summed E-state index contributed by atoms with van der Waals surface area (Å²) in [6, 6.07) is 8.54. The van der Waals surface area contributed by atoms with Crippen LogP contribution in [0.4, 0.5) is 19.0 Å². The summed E-state index contributed by atoms with van der Waals surface area (Å²) in [5.41, 5.74) is 0.00807. The molecule has 0 atom stereocenters. The molecule has 0 aromatic carbocycles. The normalized spacial score (nSPS) is 11.4. The molecular formula is C20H12BrF3N6O. The molecule has 4 heterocycles. The third-order valence-electron chi connectivity index (χ3n) is 4.16. The second-order valence-corrected chi connectivity index (χ2v) is 7.23. The van der Waals surface area contributed by atoms with Crippen molar-refractivity contribution in [3.8, 4) is 16.9 Å². The van der Waals surface area contributed by atoms with Crippen molar-refractivity contribution in [2.75, 3.05) is 5.32 Å². The Kier molecular flexibility index (Phi) is 5.51. The summed E-state index contributed by atoms with van der Waals surface area (Å²) in [6.45, 7) is 0. The second-order valence-electron chi connectivity index (χ2n) is 6.31. The highest BCUT2D eigenvalue weighted by Crippen LogP contribution is 2.33. The van der Waals surface area contributed by atoms with Gasteiger partial charge in [0.2, 0.25) is 0 Å². The maximum Gasteiger partial charge on any atom is 0.433 e. The van der Waals surface area contributed by atoms with Crippen LogP contribution < -0.4 is 5.32 Å². The SMILES string of the molecule is O=C(Nc1ccc(-n2nc(-c3cccnc3)cc2C(F)(F)F)cn1)c1cncc(Br)c1. The molecular weight excluding hydrogens is 477 g/mol. The summed E-state index contributed by atoms with van der Waals surface area (Å²) in [4.78, 5) is 24.2. The molecule has 4 aromatic rings. The predicted molar refractivity (Wildman–Crippen MR) is 109 cm³/mol. The standard InChI is InChI=1S/C20H12BrF3N6O/c21-14-6-13(9-26-10-14)19(31)28-18-4-3-15(11-27-18)30-17(20(22,23)24)7-16(29-30)12-2-1-5-25-8-12/h1-11H,(H,27,28,31). The number of carbonyl (C=O) groups excluding carboxylic acids is 1. The molecule has 0 aliphatic rings.